The predicted molar refractivity (Wildman–Crippen MR) is 63.2 cm³/mol. The summed E-state index contributed by atoms with van der Waals surface area (Å²) in [5.41, 5.74) is -0.132. The zero-order valence-corrected chi connectivity index (χ0v) is 9.81. The molecule has 0 amide bonds. The highest BCUT2D eigenvalue weighted by molar-refractivity contribution is 7.91. The van der Waals surface area contributed by atoms with Crippen LogP contribution >= 0.6 is 0 Å². The van der Waals surface area contributed by atoms with Crippen LogP contribution in [0.3, 0.4) is 0 Å². The van der Waals surface area contributed by atoms with Crippen molar-refractivity contribution in [1.82, 2.24) is 0 Å². The highest BCUT2D eigenvalue weighted by atomic mass is 32.2. The number of rotatable bonds is 5. The Labute approximate surface area is 99.5 Å². The maximum atomic E-state index is 11.7. The SMILES string of the molecule is C#CCCCS(=O)(=O)c1ccc([N+](=O)[O-])cc1. The van der Waals surface area contributed by atoms with E-state index in [4.69, 9.17) is 6.42 Å². The van der Waals surface area contributed by atoms with E-state index in [-0.39, 0.29) is 16.3 Å². The molecule has 0 fully saturated rings. The van der Waals surface area contributed by atoms with E-state index in [1.54, 1.807) is 0 Å². The third-order valence-electron chi connectivity index (χ3n) is 2.14. The van der Waals surface area contributed by atoms with Crippen LogP contribution in [0.15, 0.2) is 29.2 Å². The average molecular weight is 253 g/mol. The van der Waals surface area contributed by atoms with Crippen LogP contribution in [0, 0.1) is 22.5 Å². The van der Waals surface area contributed by atoms with Gasteiger partial charge >= 0.3 is 0 Å². The number of hydrogen-bond acceptors (Lipinski definition) is 4. The normalized spacial score (nSPS) is 10.8. The Balaban J connectivity index is 2.86. The van der Waals surface area contributed by atoms with Crippen molar-refractivity contribution in [2.24, 2.45) is 0 Å². The topological polar surface area (TPSA) is 77.3 Å². The lowest BCUT2D eigenvalue weighted by Crippen LogP contribution is -2.06. The lowest BCUT2D eigenvalue weighted by Gasteiger charge is -2.02. The minimum atomic E-state index is -3.39. The molecule has 0 aromatic heterocycles. The third-order valence-corrected chi connectivity index (χ3v) is 3.96. The second kappa shape index (κ2) is 5.46. The number of nitro benzene ring substituents is 1. The first kappa shape index (κ1) is 13.2. The van der Waals surface area contributed by atoms with Gasteiger partial charge in [-0.15, -0.1) is 12.3 Å². The van der Waals surface area contributed by atoms with Crippen molar-refractivity contribution in [2.45, 2.75) is 17.7 Å². The molecule has 1 rings (SSSR count). The smallest absolute Gasteiger partial charge is 0.258 e. The first-order valence-corrected chi connectivity index (χ1v) is 6.53. The molecule has 17 heavy (non-hydrogen) atoms. The molecular formula is C11H11NO4S. The quantitative estimate of drug-likeness (QED) is 0.347. The summed E-state index contributed by atoms with van der Waals surface area (Å²) < 4.78 is 23.5. The summed E-state index contributed by atoms with van der Waals surface area (Å²) in [7, 11) is -3.39. The second-order valence-electron chi connectivity index (χ2n) is 3.38. The molecule has 0 N–H and O–H groups in total. The zero-order chi connectivity index (χ0) is 12.9. The molecule has 6 heteroatoms. The Bertz CT molecular complexity index is 540. The number of nitrogens with zero attached hydrogens (tertiary/aromatic N) is 1. The van der Waals surface area contributed by atoms with Gasteiger partial charge in [-0.1, -0.05) is 0 Å². The van der Waals surface area contributed by atoms with Gasteiger partial charge in [-0.05, 0) is 18.6 Å². The van der Waals surface area contributed by atoms with E-state index >= 15 is 0 Å². The van der Waals surface area contributed by atoms with Gasteiger partial charge in [-0.2, -0.15) is 0 Å². The fraction of sp³-hybridized carbons (Fsp3) is 0.273. The maximum Gasteiger partial charge on any atom is 0.269 e. The first-order valence-electron chi connectivity index (χ1n) is 4.88. The van der Waals surface area contributed by atoms with E-state index in [2.05, 4.69) is 5.92 Å². The molecule has 0 atom stereocenters. The Morgan fingerprint density at radius 3 is 2.35 bits per heavy atom. The van der Waals surface area contributed by atoms with Crippen LogP contribution in [0.4, 0.5) is 5.69 Å². The van der Waals surface area contributed by atoms with E-state index < -0.39 is 14.8 Å². The molecule has 0 bridgehead atoms. The number of nitro groups is 1. The van der Waals surface area contributed by atoms with Gasteiger partial charge in [-0.3, -0.25) is 10.1 Å². The van der Waals surface area contributed by atoms with E-state index in [1.165, 1.54) is 24.3 Å². The van der Waals surface area contributed by atoms with Crippen LogP contribution in [0.1, 0.15) is 12.8 Å². The fourth-order valence-corrected chi connectivity index (χ4v) is 2.57. The zero-order valence-electron chi connectivity index (χ0n) is 9.00. The molecule has 0 saturated heterocycles. The Kier molecular flexibility index (Phi) is 4.24. The molecule has 0 radical (unpaired) electrons. The van der Waals surface area contributed by atoms with Gasteiger partial charge in [-0.25, -0.2) is 8.42 Å². The van der Waals surface area contributed by atoms with Gasteiger partial charge < -0.3 is 0 Å². The second-order valence-corrected chi connectivity index (χ2v) is 5.49. The molecule has 0 saturated carbocycles. The van der Waals surface area contributed by atoms with E-state index in [9.17, 15) is 18.5 Å². The minimum absolute atomic E-state index is 0.0466. The third kappa shape index (κ3) is 3.57. The van der Waals surface area contributed by atoms with Gasteiger partial charge in [0, 0.05) is 18.6 Å². The van der Waals surface area contributed by atoms with Crippen LogP contribution in [0.25, 0.3) is 0 Å². The van der Waals surface area contributed by atoms with Crippen LogP contribution < -0.4 is 0 Å². The summed E-state index contributed by atoms with van der Waals surface area (Å²) in [4.78, 5) is 9.92. The van der Waals surface area contributed by atoms with Crippen molar-refractivity contribution in [3.8, 4) is 12.3 Å². The largest absolute Gasteiger partial charge is 0.269 e. The Morgan fingerprint density at radius 1 is 1.29 bits per heavy atom. The molecule has 0 aliphatic heterocycles. The monoisotopic (exact) mass is 253 g/mol. The van der Waals surface area contributed by atoms with Gasteiger partial charge in [0.25, 0.3) is 5.69 Å². The van der Waals surface area contributed by atoms with Gasteiger partial charge in [0.2, 0.25) is 0 Å². The molecular weight excluding hydrogens is 242 g/mol. The molecule has 0 aliphatic carbocycles. The molecule has 1 aromatic carbocycles. The van der Waals surface area contributed by atoms with E-state index in [0.717, 1.165) is 0 Å². The molecule has 5 nitrogen and oxygen atoms in total. The Hall–Kier alpha value is -1.87. The number of terminal acetylenes is 1. The summed E-state index contributed by atoms with van der Waals surface area (Å²) in [5.74, 6) is 2.32. The van der Waals surface area contributed by atoms with Crippen molar-refractivity contribution in [1.29, 1.82) is 0 Å². The van der Waals surface area contributed by atoms with Crippen LogP contribution in [0.2, 0.25) is 0 Å². The summed E-state index contributed by atoms with van der Waals surface area (Å²) >= 11 is 0. The molecule has 0 heterocycles. The number of hydrogen-bond donors (Lipinski definition) is 0. The summed E-state index contributed by atoms with van der Waals surface area (Å²) in [6.45, 7) is 0. The lowest BCUT2D eigenvalue weighted by atomic mass is 10.3. The minimum Gasteiger partial charge on any atom is -0.258 e. The average Bonchev–Trinajstić information content (AvgIpc) is 2.29. The molecule has 90 valence electrons. The van der Waals surface area contributed by atoms with E-state index in [0.29, 0.717) is 12.8 Å². The van der Waals surface area contributed by atoms with Crippen molar-refractivity contribution in [3.63, 3.8) is 0 Å². The molecule has 0 aliphatic rings. The summed E-state index contributed by atoms with van der Waals surface area (Å²) in [6.07, 6.45) is 5.81. The van der Waals surface area contributed by atoms with E-state index in [1.807, 2.05) is 0 Å². The van der Waals surface area contributed by atoms with Crippen molar-refractivity contribution in [3.05, 3.63) is 34.4 Å². The van der Waals surface area contributed by atoms with Gasteiger partial charge in [0.1, 0.15) is 0 Å². The number of unbranched alkanes of at least 4 members (excludes halogenated alkanes) is 1. The fourth-order valence-electron chi connectivity index (χ4n) is 1.26. The molecule has 0 spiro atoms. The summed E-state index contributed by atoms with van der Waals surface area (Å²) in [5, 5.41) is 10.4. The highest BCUT2D eigenvalue weighted by Gasteiger charge is 2.15. The van der Waals surface area contributed by atoms with Crippen LogP contribution in [-0.2, 0) is 9.84 Å². The molecule has 0 unspecified atom stereocenters. The highest BCUT2D eigenvalue weighted by Crippen LogP contribution is 2.17. The van der Waals surface area contributed by atoms with Crippen LogP contribution in [0.5, 0.6) is 0 Å². The van der Waals surface area contributed by atoms with Crippen LogP contribution in [-0.4, -0.2) is 19.1 Å². The lowest BCUT2D eigenvalue weighted by molar-refractivity contribution is -0.384. The predicted octanol–water partition coefficient (Wildman–Crippen LogP) is 1.78. The number of sulfone groups is 1. The number of non-ortho nitro benzene ring substituents is 1. The number of benzene rings is 1. The standard InChI is InChI=1S/C11H11NO4S/c1-2-3-4-9-17(15,16)11-7-5-10(6-8-11)12(13)14/h1,5-8H,3-4,9H2. The first-order chi connectivity index (χ1) is 7.97. The van der Waals surface area contributed by atoms with Gasteiger partial charge in [0.05, 0.1) is 15.6 Å². The maximum absolute atomic E-state index is 11.7. The Morgan fingerprint density at radius 2 is 1.88 bits per heavy atom. The van der Waals surface area contributed by atoms with Crippen molar-refractivity contribution < 1.29 is 13.3 Å². The van der Waals surface area contributed by atoms with Crippen molar-refractivity contribution >= 4 is 15.5 Å². The van der Waals surface area contributed by atoms with Crippen molar-refractivity contribution in [2.75, 3.05) is 5.75 Å². The molecule has 1 aromatic rings. The van der Waals surface area contributed by atoms with Gasteiger partial charge in [0.15, 0.2) is 9.84 Å². The summed E-state index contributed by atoms with van der Waals surface area (Å²) in [6, 6.07) is 4.83.